The molecule has 0 saturated carbocycles. The van der Waals surface area contributed by atoms with Crippen molar-refractivity contribution in [3.8, 4) is 0 Å². The van der Waals surface area contributed by atoms with Crippen LogP contribution in [0.5, 0.6) is 0 Å². The maximum absolute atomic E-state index is 13.9. The fraction of sp³-hybridized carbons (Fsp3) is 0.478. The van der Waals surface area contributed by atoms with Crippen LogP contribution in [-0.2, 0) is 17.6 Å². The molecule has 0 bridgehead atoms. The Kier molecular flexibility index (Phi) is 7.09. The van der Waals surface area contributed by atoms with Crippen molar-refractivity contribution in [2.45, 2.75) is 43.9 Å². The number of pyridine rings is 1. The summed E-state index contributed by atoms with van der Waals surface area (Å²) >= 11 is 7.84. The molecule has 0 spiro atoms. The number of nitrogens with one attached hydrogen (secondary N) is 1. The smallest absolute Gasteiger partial charge is 0.380 e. The molecular weight excluding hydrogens is 478 g/mol. The number of thioether (sulfide) groups is 1. The second kappa shape index (κ2) is 9.70. The summed E-state index contributed by atoms with van der Waals surface area (Å²) in [6, 6.07) is 3.39. The van der Waals surface area contributed by atoms with Gasteiger partial charge in [0.25, 0.3) is 0 Å². The van der Waals surface area contributed by atoms with Crippen LogP contribution in [0.3, 0.4) is 0 Å². The van der Waals surface area contributed by atoms with E-state index in [0.29, 0.717) is 36.4 Å². The van der Waals surface area contributed by atoms with Gasteiger partial charge in [-0.15, -0.1) is 0 Å². The maximum atomic E-state index is 13.9. The fourth-order valence-electron chi connectivity index (χ4n) is 4.59. The molecule has 1 unspecified atom stereocenters. The Balaban J connectivity index is 1.47. The highest BCUT2D eigenvalue weighted by molar-refractivity contribution is 7.99. The molecule has 4 nitrogen and oxygen atoms in total. The lowest BCUT2D eigenvalue weighted by molar-refractivity contribution is -0.191. The lowest BCUT2D eigenvalue weighted by Gasteiger charge is -2.33. The van der Waals surface area contributed by atoms with Gasteiger partial charge in [-0.3, -0.25) is 9.78 Å². The number of benzene rings is 1. The molecule has 1 aromatic heterocycles. The van der Waals surface area contributed by atoms with Gasteiger partial charge in [-0.05, 0) is 72.6 Å². The highest BCUT2D eigenvalue weighted by Crippen LogP contribution is 2.38. The number of rotatable bonds is 5. The SMILES string of the molecule is CN(C(=O)C1CCSCC1)[C@@H](c1ccc(NC2Cc3cc(F)cc(Cl)c3C2)cn1)C(F)(F)F. The molecule has 178 valence electrons. The topological polar surface area (TPSA) is 45.2 Å². The van der Waals surface area contributed by atoms with Crippen molar-refractivity contribution < 1.29 is 22.4 Å². The first kappa shape index (κ1) is 24.1. The summed E-state index contributed by atoms with van der Waals surface area (Å²) in [4.78, 5) is 17.6. The number of carbonyl (C=O) groups is 1. The standard InChI is InChI=1S/C23H24ClF4N3OS/c1-31(22(32)13-4-6-33-7-5-13)21(23(26,27)28)20-3-2-16(12-29-20)30-17-9-14-8-15(25)10-19(24)18(14)11-17/h2-3,8,10,12-13,17,21,30H,4-7,9,11H2,1H3/t17?,21-/m0/s1. The Morgan fingerprint density at radius 3 is 2.61 bits per heavy atom. The molecular formula is C23H24ClF4N3OS. The predicted octanol–water partition coefficient (Wildman–Crippen LogP) is 5.66. The van der Waals surface area contributed by atoms with E-state index in [4.69, 9.17) is 11.6 Å². The van der Waals surface area contributed by atoms with Gasteiger partial charge >= 0.3 is 6.18 Å². The minimum atomic E-state index is -4.65. The van der Waals surface area contributed by atoms with Crippen molar-refractivity contribution in [1.29, 1.82) is 0 Å². The van der Waals surface area contributed by atoms with Crippen molar-refractivity contribution in [1.82, 2.24) is 9.88 Å². The van der Waals surface area contributed by atoms with E-state index in [2.05, 4.69) is 10.3 Å². The molecule has 2 heterocycles. The Hall–Kier alpha value is -2.00. The average Bonchev–Trinajstić information content (AvgIpc) is 3.17. The first-order valence-corrected chi connectivity index (χ1v) is 12.3. The van der Waals surface area contributed by atoms with Crippen LogP contribution >= 0.6 is 23.4 Å². The molecule has 2 atom stereocenters. The van der Waals surface area contributed by atoms with Gasteiger partial charge in [-0.25, -0.2) is 4.39 Å². The van der Waals surface area contributed by atoms with Crippen molar-refractivity contribution >= 4 is 35.0 Å². The van der Waals surface area contributed by atoms with Gasteiger partial charge < -0.3 is 10.2 Å². The van der Waals surface area contributed by atoms with Crippen molar-refractivity contribution in [3.05, 3.63) is 58.1 Å². The minimum absolute atomic E-state index is 0.0706. The summed E-state index contributed by atoms with van der Waals surface area (Å²) in [5.74, 6) is 0.289. The minimum Gasteiger partial charge on any atom is -0.380 e. The van der Waals surface area contributed by atoms with Crippen molar-refractivity contribution in [3.63, 3.8) is 0 Å². The van der Waals surface area contributed by atoms with E-state index in [9.17, 15) is 22.4 Å². The largest absolute Gasteiger partial charge is 0.414 e. The van der Waals surface area contributed by atoms with Crippen LogP contribution in [0, 0.1) is 11.7 Å². The van der Waals surface area contributed by atoms with E-state index in [1.807, 2.05) is 0 Å². The number of aromatic nitrogens is 1. The van der Waals surface area contributed by atoms with E-state index in [1.165, 1.54) is 37.5 Å². The maximum Gasteiger partial charge on any atom is 0.414 e. The van der Waals surface area contributed by atoms with E-state index in [0.717, 1.165) is 27.5 Å². The second-order valence-corrected chi connectivity index (χ2v) is 10.2. The highest BCUT2D eigenvalue weighted by atomic mass is 35.5. The predicted molar refractivity (Wildman–Crippen MR) is 122 cm³/mol. The van der Waals surface area contributed by atoms with Crippen molar-refractivity contribution in [2.24, 2.45) is 5.92 Å². The monoisotopic (exact) mass is 501 g/mol. The molecule has 0 radical (unpaired) electrons. The van der Waals surface area contributed by atoms with Gasteiger partial charge in [0.15, 0.2) is 6.04 Å². The zero-order valence-electron chi connectivity index (χ0n) is 18.0. The molecule has 1 fully saturated rings. The van der Waals surface area contributed by atoms with Crippen LogP contribution in [0.2, 0.25) is 5.02 Å². The summed E-state index contributed by atoms with van der Waals surface area (Å²) in [6.45, 7) is 0. The van der Waals surface area contributed by atoms with Crippen LogP contribution in [0.15, 0.2) is 30.5 Å². The number of anilines is 1. The molecule has 1 saturated heterocycles. The lowest BCUT2D eigenvalue weighted by atomic mass is 9.99. The molecule has 1 amide bonds. The number of hydrogen-bond acceptors (Lipinski definition) is 4. The third kappa shape index (κ3) is 5.40. The van der Waals surface area contributed by atoms with Crippen LogP contribution < -0.4 is 5.32 Å². The average molecular weight is 502 g/mol. The van der Waals surface area contributed by atoms with Gasteiger partial charge in [-0.2, -0.15) is 24.9 Å². The van der Waals surface area contributed by atoms with Crippen LogP contribution in [-0.4, -0.2) is 46.6 Å². The summed E-state index contributed by atoms with van der Waals surface area (Å²) in [6.07, 6.45) is -0.994. The van der Waals surface area contributed by atoms with E-state index in [-0.39, 0.29) is 17.7 Å². The Labute approximate surface area is 199 Å². The van der Waals surface area contributed by atoms with Gasteiger partial charge in [0.2, 0.25) is 5.91 Å². The molecule has 2 aliphatic rings. The summed E-state index contributed by atoms with van der Waals surface area (Å²) in [5.41, 5.74) is 2.01. The molecule has 2 aromatic rings. The van der Waals surface area contributed by atoms with Crippen molar-refractivity contribution in [2.75, 3.05) is 23.9 Å². The number of carbonyl (C=O) groups excluding carboxylic acids is 1. The summed E-state index contributed by atoms with van der Waals surface area (Å²) < 4.78 is 55.4. The molecule has 1 aromatic carbocycles. The van der Waals surface area contributed by atoms with Gasteiger partial charge in [0.05, 0.1) is 17.6 Å². The number of alkyl halides is 3. The van der Waals surface area contributed by atoms with E-state index >= 15 is 0 Å². The van der Waals surface area contributed by atoms with Crippen LogP contribution in [0.25, 0.3) is 0 Å². The first-order valence-electron chi connectivity index (χ1n) is 10.7. The summed E-state index contributed by atoms with van der Waals surface area (Å²) in [5, 5.41) is 3.61. The number of hydrogen-bond donors (Lipinski definition) is 1. The lowest BCUT2D eigenvalue weighted by Crippen LogP contribution is -2.43. The molecule has 1 aliphatic carbocycles. The Morgan fingerprint density at radius 2 is 1.97 bits per heavy atom. The van der Waals surface area contributed by atoms with Crippen LogP contribution in [0.4, 0.5) is 23.2 Å². The zero-order chi connectivity index (χ0) is 23.8. The zero-order valence-corrected chi connectivity index (χ0v) is 19.5. The van der Waals surface area contributed by atoms with Crippen LogP contribution in [0.1, 0.15) is 35.7 Å². The first-order chi connectivity index (χ1) is 15.6. The van der Waals surface area contributed by atoms with Gasteiger partial charge in [0, 0.05) is 24.0 Å². The third-order valence-electron chi connectivity index (χ3n) is 6.22. The Morgan fingerprint density at radius 1 is 1.24 bits per heavy atom. The molecule has 1 N–H and O–H groups in total. The highest BCUT2D eigenvalue weighted by Gasteiger charge is 2.47. The molecule has 4 rings (SSSR count). The fourth-order valence-corrected chi connectivity index (χ4v) is 6.00. The second-order valence-electron chi connectivity index (χ2n) is 8.53. The number of amides is 1. The van der Waals surface area contributed by atoms with E-state index in [1.54, 1.807) is 11.8 Å². The van der Waals surface area contributed by atoms with E-state index < -0.39 is 23.9 Å². The molecule has 1 aliphatic heterocycles. The molecule has 33 heavy (non-hydrogen) atoms. The number of nitrogens with zero attached hydrogens (tertiary/aromatic N) is 2. The summed E-state index contributed by atoms with van der Waals surface area (Å²) in [7, 11) is 1.20. The quantitative estimate of drug-likeness (QED) is 0.537. The van der Waals surface area contributed by atoms with Gasteiger partial charge in [-0.1, -0.05) is 11.6 Å². The Bertz CT molecular complexity index is 1010. The normalized spacial score (nSPS) is 19.8. The van der Waals surface area contributed by atoms with Gasteiger partial charge in [0.1, 0.15) is 5.82 Å². The molecule has 10 heteroatoms. The third-order valence-corrected chi connectivity index (χ3v) is 7.61. The number of halogens is 5. The number of fused-ring (bicyclic) bond motifs is 1.